The SMILES string of the molecule is CCc1ccc(-c2csc(NC(=O)c3c(-c4ccccc4)noc3C)n2)cc1. The average molecular weight is 389 g/mol. The zero-order valence-corrected chi connectivity index (χ0v) is 16.4. The molecular formula is C22H19N3O2S. The van der Waals surface area contributed by atoms with Crippen LogP contribution in [0.15, 0.2) is 64.5 Å². The molecule has 0 aliphatic heterocycles. The second-order valence-corrected chi connectivity index (χ2v) is 7.23. The minimum absolute atomic E-state index is 0.278. The molecule has 1 N–H and O–H groups in total. The normalized spacial score (nSPS) is 10.8. The van der Waals surface area contributed by atoms with E-state index in [0.717, 1.165) is 23.2 Å². The number of thiazole rings is 1. The predicted octanol–water partition coefficient (Wildman–Crippen LogP) is 5.59. The zero-order chi connectivity index (χ0) is 19.5. The number of aryl methyl sites for hydroxylation is 2. The van der Waals surface area contributed by atoms with Crippen LogP contribution in [0.4, 0.5) is 5.13 Å². The summed E-state index contributed by atoms with van der Waals surface area (Å²) < 4.78 is 5.28. The lowest BCUT2D eigenvalue weighted by molar-refractivity contribution is 0.102. The molecule has 140 valence electrons. The fraction of sp³-hybridized carbons (Fsp3) is 0.136. The van der Waals surface area contributed by atoms with Crippen molar-refractivity contribution >= 4 is 22.4 Å². The van der Waals surface area contributed by atoms with Crippen molar-refractivity contribution in [2.75, 3.05) is 5.32 Å². The van der Waals surface area contributed by atoms with Crippen molar-refractivity contribution in [3.05, 3.63) is 76.9 Å². The number of carbonyl (C=O) groups excluding carboxylic acids is 1. The molecule has 1 amide bonds. The van der Waals surface area contributed by atoms with E-state index in [1.165, 1.54) is 16.9 Å². The van der Waals surface area contributed by atoms with Crippen molar-refractivity contribution < 1.29 is 9.32 Å². The first-order valence-corrected chi connectivity index (χ1v) is 9.91. The molecule has 0 saturated carbocycles. The Hall–Kier alpha value is -3.25. The van der Waals surface area contributed by atoms with Crippen LogP contribution in [0.25, 0.3) is 22.5 Å². The summed E-state index contributed by atoms with van der Waals surface area (Å²) in [6, 6.07) is 17.8. The van der Waals surface area contributed by atoms with Crippen LogP contribution in [0.5, 0.6) is 0 Å². The van der Waals surface area contributed by atoms with E-state index in [-0.39, 0.29) is 5.91 Å². The van der Waals surface area contributed by atoms with Gasteiger partial charge in [-0.15, -0.1) is 11.3 Å². The number of benzene rings is 2. The highest BCUT2D eigenvalue weighted by atomic mass is 32.1. The number of amides is 1. The fourth-order valence-corrected chi connectivity index (χ4v) is 3.68. The van der Waals surface area contributed by atoms with Crippen LogP contribution >= 0.6 is 11.3 Å². The highest BCUT2D eigenvalue weighted by molar-refractivity contribution is 7.14. The van der Waals surface area contributed by atoms with Gasteiger partial charge in [-0.25, -0.2) is 4.98 Å². The van der Waals surface area contributed by atoms with Crippen molar-refractivity contribution in [1.29, 1.82) is 0 Å². The first kappa shape index (κ1) is 18.1. The van der Waals surface area contributed by atoms with E-state index in [1.807, 2.05) is 35.7 Å². The molecule has 2 aromatic heterocycles. The van der Waals surface area contributed by atoms with Crippen molar-refractivity contribution in [2.24, 2.45) is 0 Å². The fourth-order valence-electron chi connectivity index (χ4n) is 2.97. The van der Waals surface area contributed by atoms with E-state index in [9.17, 15) is 4.79 Å². The Morgan fingerprint density at radius 3 is 2.54 bits per heavy atom. The van der Waals surface area contributed by atoms with Gasteiger partial charge < -0.3 is 4.52 Å². The molecule has 0 atom stereocenters. The van der Waals surface area contributed by atoms with Crippen LogP contribution < -0.4 is 5.32 Å². The monoisotopic (exact) mass is 389 g/mol. The molecule has 0 radical (unpaired) electrons. The lowest BCUT2D eigenvalue weighted by Crippen LogP contribution is -2.13. The molecule has 4 rings (SSSR count). The number of nitrogens with zero attached hydrogens (tertiary/aromatic N) is 2. The summed E-state index contributed by atoms with van der Waals surface area (Å²) in [5.74, 6) is 0.197. The molecule has 0 fully saturated rings. The molecule has 5 nitrogen and oxygen atoms in total. The third-order valence-corrected chi connectivity index (χ3v) is 5.28. The Morgan fingerprint density at radius 2 is 1.82 bits per heavy atom. The van der Waals surface area contributed by atoms with Crippen molar-refractivity contribution in [2.45, 2.75) is 20.3 Å². The van der Waals surface area contributed by atoms with Gasteiger partial charge in [-0.1, -0.05) is 66.7 Å². The van der Waals surface area contributed by atoms with Gasteiger partial charge in [-0.05, 0) is 18.9 Å². The van der Waals surface area contributed by atoms with Gasteiger partial charge in [0.2, 0.25) is 0 Å². The molecule has 6 heteroatoms. The molecule has 0 saturated heterocycles. The summed E-state index contributed by atoms with van der Waals surface area (Å²) in [6.45, 7) is 3.86. The second kappa shape index (κ2) is 7.78. The maximum absolute atomic E-state index is 12.9. The summed E-state index contributed by atoms with van der Waals surface area (Å²) in [5.41, 5.74) is 4.94. The third kappa shape index (κ3) is 3.59. The number of anilines is 1. The Balaban J connectivity index is 1.57. The van der Waals surface area contributed by atoms with Gasteiger partial charge in [-0.2, -0.15) is 0 Å². The number of nitrogens with one attached hydrogen (secondary N) is 1. The molecule has 0 aliphatic carbocycles. The standard InChI is InChI=1S/C22H19N3O2S/c1-3-15-9-11-16(12-10-15)18-13-28-22(23-18)24-21(26)19-14(2)27-25-20(19)17-7-5-4-6-8-17/h4-13H,3H2,1-2H3,(H,23,24,26). The molecule has 0 spiro atoms. The van der Waals surface area contributed by atoms with Crippen LogP contribution in [0.3, 0.4) is 0 Å². The topological polar surface area (TPSA) is 68.0 Å². The van der Waals surface area contributed by atoms with E-state index in [4.69, 9.17) is 4.52 Å². The summed E-state index contributed by atoms with van der Waals surface area (Å²) in [6.07, 6.45) is 1.00. The molecular weight excluding hydrogens is 370 g/mol. The second-order valence-electron chi connectivity index (χ2n) is 6.37. The van der Waals surface area contributed by atoms with E-state index in [2.05, 4.69) is 46.6 Å². The lowest BCUT2D eigenvalue weighted by Gasteiger charge is -2.03. The van der Waals surface area contributed by atoms with Gasteiger partial charge >= 0.3 is 0 Å². The van der Waals surface area contributed by atoms with Gasteiger partial charge in [-0.3, -0.25) is 10.1 Å². The van der Waals surface area contributed by atoms with Crippen molar-refractivity contribution in [3.8, 4) is 22.5 Å². The minimum Gasteiger partial charge on any atom is -0.360 e. The Kier molecular flexibility index (Phi) is 5.04. The minimum atomic E-state index is -0.278. The van der Waals surface area contributed by atoms with Gasteiger partial charge in [0, 0.05) is 16.5 Å². The summed E-state index contributed by atoms with van der Waals surface area (Å²) in [7, 11) is 0. The highest BCUT2D eigenvalue weighted by Gasteiger charge is 2.22. The van der Waals surface area contributed by atoms with Crippen LogP contribution in [-0.2, 0) is 6.42 Å². The number of hydrogen-bond donors (Lipinski definition) is 1. The zero-order valence-electron chi connectivity index (χ0n) is 15.6. The summed E-state index contributed by atoms with van der Waals surface area (Å²) in [4.78, 5) is 17.4. The molecule has 0 aliphatic rings. The van der Waals surface area contributed by atoms with Crippen LogP contribution in [-0.4, -0.2) is 16.0 Å². The molecule has 0 bridgehead atoms. The van der Waals surface area contributed by atoms with E-state index >= 15 is 0 Å². The largest absolute Gasteiger partial charge is 0.360 e. The maximum atomic E-state index is 12.9. The average Bonchev–Trinajstić information content (AvgIpc) is 3.35. The van der Waals surface area contributed by atoms with Gasteiger partial charge in [0.25, 0.3) is 5.91 Å². The van der Waals surface area contributed by atoms with Crippen LogP contribution in [0.2, 0.25) is 0 Å². The molecule has 28 heavy (non-hydrogen) atoms. The van der Waals surface area contributed by atoms with Crippen molar-refractivity contribution in [1.82, 2.24) is 10.1 Å². The number of carbonyl (C=O) groups is 1. The number of aromatic nitrogens is 2. The first-order valence-electron chi connectivity index (χ1n) is 9.03. The molecule has 0 unspecified atom stereocenters. The van der Waals surface area contributed by atoms with E-state index in [0.29, 0.717) is 22.1 Å². The molecule has 2 heterocycles. The lowest BCUT2D eigenvalue weighted by atomic mass is 10.1. The highest BCUT2D eigenvalue weighted by Crippen LogP contribution is 2.28. The van der Waals surface area contributed by atoms with Gasteiger partial charge in [0.15, 0.2) is 5.13 Å². The third-order valence-electron chi connectivity index (χ3n) is 4.52. The molecule has 2 aromatic carbocycles. The van der Waals surface area contributed by atoms with E-state index in [1.54, 1.807) is 6.92 Å². The van der Waals surface area contributed by atoms with Crippen LogP contribution in [0.1, 0.15) is 28.6 Å². The van der Waals surface area contributed by atoms with Gasteiger partial charge in [0.05, 0.1) is 5.69 Å². The Morgan fingerprint density at radius 1 is 1.07 bits per heavy atom. The Labute approximate surface area is 167 Å². The maximum Gasteiger partial charge on any atom is 0.263 e. The number of rotatable bonds is 5. The first-order chi connectivity index (χ1) is 13.7. The van der Waals surface area contributed by atoms with E-state index < -0.39 is 0 Å². The Bertz CT molecular complexity index is 1100. The molecule has 4 aromatic rings. The number of hydrogen-bond acceptors (Lipinski definition) is 5. The summed E-state index contributed by atoms with van der Waals surface area (Å²) >= 11 is 1.39. The smallest absolute Gasteiger partial charge is 0.263 e. The summed E-state index contributed by atoms with van der Waals surface area (Å²) in [5, 5.41) is 9.42. The quantitative estimate of drug-likeness (QED) is 0.483. The van der Waals surface area contributed by atoms with Crippen molar-refractivity contribution in [3.63, 3.8) is 0 Å². The van der Waals surface area contributed by atoms with Crippen LogP contribution in [0, 0.1) is 6.92 Å². The predicted molar refractivity (Wildman–Crippen MR) is 112 cm³/mol. The van der Waals surface area contributed by atoms with Gasteiger partial charge in [0.1, 0.15) is 17.0 Å².